The third-order valence-electron chi connectivity index (χ3n) is 3.44. The van der Waals surface area contributed by atoms with E-state index in [0.29, 0.717) is 25.4 Å². The number of hydrogen-bond acceptors (Lipinski definition) is 3. The SMILES string of the molecule is COCCC(NC(=O)CC1CCCCC1)C(=O)O. The molecule has 0 aromatic rings. The summed E-state index contributed by atoms with van der Waals surface area (Å²) < 4.78 is 4.84. The first kappa shape index (κ1) is 15.0. The zero-order valence-corrected chi connectivity index (χ0v) is 11.0. The van der Waals surface area contributed by atoms with Gasteiger partial charge in [0.1, 0.15) is 6.04 Å². The fourth-order valence-corrected chi connectivity index (χ4v) is 2.40. The van der Waals surface area contributed by atoms with Crippen LogP contribution in [0, 0.1) is 5.92 Å². The Kier molecular flexibility index (Phi) is 6.72. The number of amides is 1. The number of nitrogens with one attached hydrogen (secondary N) is 1. The molecular weight excluding hydrogens is 234 g/mol. The number of ether oxygens (including phenoxy) is 1. The van der Waals surface area contributed by atoms with Crippen LogP contribution in [-0.2, 0) is 14.3 Å². The van der Waals surface area contributed by atoms with Crippen LogP contribution in [0.4, 0.5) is 0 Å². The Morgan fingerprint density at radius 3 is 2.56 bits per heavy atom. The molecule has 5 heteroatoms. The van der Waals surface area contributed by atoms with E-state index in [4.69, 9.17) is 9.84 Å². The molecule has 1 saturated carbocycles. The smallest absolute Gasteiger partial charge is 0.326 e. The van der Waals surface area contributed by atoms with Crippen molar-refractivity contribution in [3.63, 3.8) is 0 Å². The number of methoxy groups -OCH3 is 1. The van der Waals surface area contributed by atoms with Crippen molar-refractivity contribution in [2.45, 2.75) is 51.0 Å². The summed E-state index contributed by atoms with van der Waals surface area (Å²) in [6.45, 7) is 0.334. The van der Waals surface area contributed by atoms with Crippen molar-refractivity contribution in [2.75, 3.05) is 13.7 Å². The number of rotatable bonds is 7. The standard InChI is InChI=1S/C13H23NO4/c1-18-8-7-11(13(16)17)14-12(15)9-10-5-3-2-4-6-10/h10-11H,2-9H2,1H3,(H,14,15)(H,16,17). The van der Waals surface area contributed by atoms with Gasteiger partial charge in [-0.3, -0.25) is 4.79 Å². The van der Waals surface area contributed by atoms with Gasteiger partial charge in [-0.05, 0) is 18.8 Å². The van der Waals surface area contributed by atoms with Crippen molar-refractivity contribution in [3.8, 4) is 0 Å². The second kappa shape index (κ2) is 8.08. The van der Waals surface area contributed by atoms with Crippen LogP contribution in [0.5, 0.6) is 0 Å². The lowest BCUT2D eigenvalue weighted by atomic mass is 9.87. The van der Waals surface area contributed by atoms with E-state index < -0.39 is 12.0 Å². The highest BCUT2D eigenvalue weighted by molar-refractivity contribution is 5.83. The Hall–Kier alpha value is -1.10. The average molecular weight is 257 g/mol. The summed E-state index contributed by atoms with van der Waals surface area (Å²) in [6, 6.07) is -0.832. The zero-order chi connectivity index (χ0) is 13.4. The van der Waals surface area contributed by atoms with Gasteiger partial charge in [-0.15, -0.1) is 0 Å². The van der Waals surface area contributed by atoms with Crippen molar-refractivity contribution < 1.29 is 19.4 Å². The lowest BCUT2D eigenvalue weighted by Crippen LogP contribution is -2.42. The van der Waals surface area contributed by atoms with Crippen LogP contribution >= 0.6 is 0 Å². The maximum atomic E-state index is 11.8. The number of carboxylic acids is 1. The molecule has 1 unspecified atom stereocenters. The lowest BCUT2D eigenvalue weighted by Gasteiger charge is -2.22. The highest BCUT2D eigenvalue weighted by atomic mass is 16.5. The number of carbonyl (C=O) groups is 2. The van der Waals surface area contributed by atoms with E-state index in [-0.39, 0.29) is 5.91 Å². The molecular formula is C13H23NO4. The van der Waals surface area contributed by atoms with Crippen LogP contribution in [0.25, 0.3) is 0 Å². The van der Waals surface area contributed by atoms with Gasteiger partial charge >= 0.3 is 5.97 Å². The Balaban J connectivity index is 2.32. The fraction of sp³-hybridized carbons (Fsp3) is 0.846. The molecule has 0 radical (unpaired) electrons. The van der Waals surface area contributed by atoms with Crippen molar-refractivity contribution in [1.29, 1.82) is 0 Å². The topological polar surface area (TPSA) is 75.6 Å². The Labute approximate surface area is 108 Å². The molecule has 18 heavy (non-hydrogen) atoms. The first-order chi connectivity index (χ1) is 8.63. The summed E-state index contributed by atoms with van der Waals surface area (Å²) in [5.74, 6) is -0.718. The molecule has 0 aliphatic heterocycles. The molecule has 1 aliphatic rings. The number of carbonyl (C=O) groups excluding carboxylic acids is 1. The molecule has 2 N–H and O–H groups in total. The third kappa shape index (κ3) is 5.49. The van der Waals surface area contributed by atoms with E-state index in [1.165, 1.54) is 26.4 Å². The molecule has 0 saturated heterocycles. The van der Waals surface area contributed by atoms with Crippen molar-refractivity contribution in [3.05, 3.63) is 0 Å². The summed E-state index contributed by atoms with van der Waals surface area (Å²) in [7, 11) is 1.52. The minimum absolute atomic E-state index is 0.148. The number of carboxylic acid groups (broad SMARTS) is 1. The van der Waals surface area contributed by atoms with Crippen molar-refractivity contribution in [1.82, 2.24) is 5.32 Å². The molecule has 1 fully saturated rings. The first-order valence-corrected chi connectivity index (χ1v) is 6.64. The van der Waals surface area contributed by atoms with Crippen LogP contribution in [-0.4, -0.2) is 36.7 Å². The first-order valence-electron chi connectivity index (χ1n) is 6.64. The van der Waals surface area contributed by atoms with E-state index in [1.54, 1.807) is 0 Å². The second-order valence-corrected chi connectivity index (χ2v) is 4.95. The monoisotopic (exact) mass is 257 g/mol. The van der Waals surface area contributed by atoms with E-state index in [0.717, 1.165) is 12.8 Å². The average Bonchev–Trinajstić information content (AvgIpc) is 2.35. The lowest BCUT2D eigenvalue weighted by molar-refractivity contribution is -0.142. The van der Waals surface area contributed by atoms with E-state index in [1.807, 2.05) is 0 Å². The molecule has 104 valence electrons. The summed E-state index contributed by atoms with van der Waals surface area (Å²) in [5.41, 5.74) is 0. The highest BCUT2D eigenvalue weighted by Crippen LogP contribution is 2.26. The Morgan fingerprint density at radius 2 is 2.00 bits per heavy atom. The van der Waals surface area contributed by atoms with Gasteiger partial charge in [0, 0.05) is 26.6 Å². The quantitative estimate of drug-likeness (QED) is 0.725. The van der Waals surface area contributed by atoms with E-state index >= 15 is 0 Å². The van der Waals surface area contributed by atoms with Crippen LogP contribution in [0.1, 0.15) is 44.9 Å². The highest BCUT2D eigenvalue weighted by Gasteiger charge is 2.22. The molecule has 1 rings (SSSR count). The normalized spacial score (nSPS) is 18.3. The Bertz CT molecular complexity index is 274. The molecule has 0 heterocycles. The van der Waals surface area contributed by atoms with Gasteiger partial charge in [-0.1, -0.05) is 19.3 Å². The fourth-order valence-electron chi connectivity index (χ4n) is 2.40. The van der Waals surface area contributed by atoms with Crippen molar-refractivity contribution in [2.24, 2.45) is 5.92 Å². The summed E-state index contributed by atoms with van der Waals surface area (Å²) >= 11 is 0. The van der Waals surface area contributed by atoms with E-state index in [2.05, 4.69) is 5.32 Å². The van der Waals surface area contributed by atoms with Gasteiger partial charge in [-0.2, -0.15) is 0 Å². The third-order valence-corrected chi connectivity index (χ3v) is 3.44. The van der Waals surface area contributed by atoms with Gasteiger partial charge in [0.15, 0.2) is 0 Å². The van der Waals surface area contributed by atoms with Gasteiger partial charge in [-0.25, -0.2) is 4.79 Å². The van der Waals surface area contributed by atoms with Crippen LogP contribution in [0.15, 0.2) is 0 Å². The summed E-state index contributed by atoms with van der Waals surface area (Å²) in [5, 5.41) is 11.6. The van der Waals surface area contributed by atoms with E-state index in [9.17, 15) is 9.59 Å². The molecule has 5 nitrogen and oxygen atoms in total. The maximum Gasteiger partial charge on any atom is 0.326 e. The van der Waals surface area contributed by atoms with Gasteiger partial charge in [0.25, 0.3) is 0 Å². The molecule has 1 atom stereocenters. The molecule has 1 aliphatic carbocycles. The minimum Gasteiger partial charge on any atom is -0.480 e. The predicted molar refractivity (Wildman–Crippen MR) is 67.3 cm³/mol. The van der Waals surface area contributed by atoms with Crippen molar-refractivity contribution >= 4 is 11.9 Å². The second-order valence-electron chi connectivity index (χ2n) is 4.95. The molecule has 1 amide bonds. The number of hydrogen-bond donors (Lipinski definition) is 2. The van der Waals surface area contributed by atoms with Crippen LogP contribution < -0.4 is 5.32 Å². The molecule has 0 aromatic carbocycles. The molecule has 0 aromatic heterocycles. The largest absolute Gasteiger partial charge is 0.480 e. The zero-order valence-electron chi connectivity index (χ0n) is 11.0. The number of aliphatic carboxylic acids is 1. The van der Waals surface area contributed by atoms with Crippen LogP contribution in [0.2, 0.25) is 0 Å². The van der Waals surface area contributed by atoms with Crippen LogP contribution in [0.3, 0.4) is 0 Å². The molecule has 0 bridgehead atoms. The predicted octanol–water partition coefficient (Wildman–Crippen LogP) is 1.56. The summed E-state index contributed by atoms with van der Waals surface area (Å²) in [4.78, 5) is 22.7. The summed E-state index contributed by atoms with van der Waals surface area (Å²) in [6.07, 6.45) is 6.56. The van der Waals surface area contributed by atoms with Gasteiger partial charge < -0.3 is 15.2 Å². The van der Waals surface area contributed by atoms with Gasteiger partial charge in [0.05, 0.1) is 0 Å². The maximum absolute atomic E-state index is 11.8. The minimum atomic E-state index is -0.996. The van der Waals surface area contributed by atoms with Gasteiger partial charge in [0.2, 0.25) is 5.91 Å². The Morgan fingerprint density at radius 1 is 1.33 bits per heavy atom. The molecule has 0 spiro atoms.